The number of hydrogen-bond acceptors (Lipinski definition) is 1. The Morgan fingerprint density at radius 2 is 1.83 bits per heavy atom. The van der Waals surface area contributed by atoms with Crippen LogP contribution in [0.5, 0.6) is 0 Å². The lowest BCUT2D eigenvalue weighted by Gasteiger charge is -2.52. The van der Waals surface area contributed by atoms with Crippen molar-refractivity contribution < 1.29 is 4.79 Å². The number of rotatable bonds is 0. The Kier molecular flexibility index (Phi) is 1.78. The molecule has 0 heterocycles. The fourth-order valence-corrected chi connectivity index (χ4v) is 3.29. The number of ketones is 1. The van der Waals surface area contributed by atoms with E-state index in [4.69, 9.17) is 0 Å². The van der Waals surface area contributed by atoms with E-state index in [0.717, 1.165) is 6.42 Å². The summed E-state index contributed by atoms with van der Waals surface area (Å²) >= 11 is 0. The first-order valence-corrected chi connectivity index (χ1v) is 5.21. The smallest absolute Gasteiger partial charge is 0.139 e. The summed E-state index contributed by atoms with van der Waals surface area (Å²) in [6, 6.07) is 0. The molecule has 12 heavy (non-hydrogen) atoms. The maximum Gasteiger partial charge on any atom is 0.139 e. The van der Waals surface area contributed by atoms with Crippen LogP contribution in [0.4, 0.5) is 0 Å². The lowest BCUT2D eigenvalue weighted by atomic mass is 9.50. The molecule has 0 aromatic heterocycles. The Bertz CT molecular complexity index is 197. The zero-order valence-corrected chi connectivity index (χ0v) is 8.10. The quantitative estimate of drug-likeness (QED) is 0.541. The molecule has 0 aliphatic heterocycles. The summed E-state index contributed by atoms with van der Waals surface area (Å²) in [6.45, 7) is 4.54. The average molecular weight is 166 g/mol. The van der Waals surface area contributed by atoms with Crippen LogP contribution in [0.3, 0.4) is 0 Å². The van der Waals surface area contributed by atoms with E-state index >= 15 is 0 Å². The van der Waals surface area contributed by atoms with Gasteiger partial charge in [0.05, 0.1) is 0 Å². The fourth-order valence-electron chi connectivity index (χ4n) is 3.29. The third-order valence-corrected chi connectivity index (χ3v) is 4.32. The number of Topliss-reactive ketones (excluding diaryl/α,β-unsaturated/α-hetero) is 1. The first-order valence-electron chi connectivity index (χ1n) is 5.21. The summed E-state index contributed by atoms with van der Waals surface area (Å²) in [4.78, 5) is 11.6. The van der Waals surface area contributed by atoms with Crippen molar-refractivity contribution in [2.45, 2.75) is 46.0 Å². The van der Waals surface area contributed by atoms with E-state index in [9.17, 15) is 4.79 Å². The van der Waals surface area contributed by atoms with Gasteiger partial charge in [0.25, 0.3) is 0 Å². The largest absolute Gasteiger partial charge is 0.299 e. The van der Waals surface area contributed by atoms with Gasteiger partial charge in [-0.15, -0.1) is 0 Å². The van der Waals surface area contributed by atoms with E-state index < -0.39 is 0 Å². The fraction of sp³-hybridized carbons (Fsp3) is 0.909. The van der Waals surface area contributed by atoms with Crippen molar-refractivity contribution in [2.24, 2.45) is 17.3 Å². The van der Waals surface area contributed by atoms with Crippen molar-refractivity contribution in [1.29, 1.82) is 0 Å². The highest BCUT2D eigenvalue weighted by Gasteiger charge is 2.54. The molecule has 0 saturated heterocycles. The number of carbonyl (C=O) groups excluding carboxylic acids is 1. The second-order valence-corrected chi connectivity index (χ2v) is 4.70. The molecule has 0 aromatic rings. The minimum absolute atomic E-state index is 0.137. The molecule has 1 spiro atoms. The van der Waals surface area contributed by atoms with E-state index in [1.54, 1.807) is 0 Å². The maximum absolute atomic E-state index is 11.6. The zero-order valence-electron chi connectivity index (χ0n) is 8.10. The van der Waals surface area contributed by atoms with Crippen LogP contribution in [0.25, 0.3) is 0 Å². The molecule has 0 radical (unpaired) electrons. The van der Waals surface area contributed by atoms with Crippen molar-refractivity contribution >= 4 is 5.78 Å². The summed E-state index contributed by atoms with van der Waals surface area (Å²) in [6.07, 6.45) is 5.91. The first-order chi connectivity index (χ1) is 5.68. The highest BCUT2D eigenvalue weighted by atomic mass is 16.1. The monoisotopic (exact) mass is 166 g/mol. The van der Waals surface area contributed by atoms with Gasteiger partial charge in [-0.2, -0.15) is 0 Å². The normalized spacial score (nSPS) is 39.7. The van der Waals surface area contributed by atoms with Gasteiger partial charge in [0.15, 0.2) is 0 Å². The summed E-state index contributed by atoms with van der Waals surface area (Å²) in [7, 11) is 0. The van der Waals surface area contributed by atoms with Gasteiger partial charge in [-0.1, -0.05) is 20.3 Å². The molecule has 2 rings (SSSR count). The summed E-state index contributed by atoms with van der Waals surface area (Å²) in [5.41, 5.74) is 0.137. The molecule has 2 fully saturated rings. The van der Waals surface area contributed by atoms with Gasteiger partial charge in [-0.05, 0) is 31.1 Å². The Labute approximate surface area is 74.5 Å². The van der Waals surface area contributed by atoms with Crippen LogP contribution in [0.15, 0.2) is 0 Å². The topological polar surface area (TPSA) is 17.1 Å². The average Bonchev–Trinajstić information content (AvgIpc) is 2.02. The van der Waals surface area contributed by atoms with Gasteiger partial charge in [0.2, 0.25) is 0 Å². The van der Waals surface area contributed by atoms with E-state index in [2.05, 4.69) is 13.8 Å². The Hall–Kier alpha value is -0.330. The molecule has 2 saturated carbocycles. The van der Waals surface area contributed by atoms with E-state index in [0.29, 0.717) is 17.6 Å². The molecule has 2 atom stereocenters. The second-order valence-electron chi connectivity index (χ2n) is 4.70. The van der Waals surface area contributed by atoms with Gasteiger partial charge in [-0.3, -0.25) is 4.79 Å². The van der Waals surface area contributed by atoms with Gasteiger partial charge in [-0.25, -0.2) is 0 Å². The highest BCUT2D eigenvalue weighted by molar-refractivity contribution is 5.91. The van der Waals surface area contributed by atoms with Crippen molar-refractivity contribution in [3.8, 4) is 0 Å². The minimum atomic E-state index is 0.137. The molecule has 1 heteroatoms. The summed E-state index contributed by atoms with van der Waals surface area (Å²) < 4.78 is 0. The number of hydrogen-bond donors (Lipinski definition) is 0. The van der Waals surface area contributed by atoms with Crippen molar-refractivity contribution in [3.63, 3.8) is 0 Å². The van der Waals surface area contributed by atoms with Crippen LogP contribution in [-0.2, 0) is 4.79 Å². The van der Waals surface area contributed by atoms with Crippen LogP contribution in [0.2, 0.25) is 0 Å². The molecule has 0 unspecified atom stereocenters. The zero-order chi connectivity index (χ0) is 8.77. The molecular formula is C11H18O. The Morgan fingerprint density at radius 3 is 2.08 bits per heavy atom. The standard InChI is InChI=1S/C11H18O/c1-8-4-3-5-9(2)11(8)7-6-10(11)12/h8-9H,3-7H2,1-2H3/t8-,9-/m0/s1. The summed E-state index contributed by atoms with van der Waals surface area (Å²) in [5.74, 6) is 1.87. The second kappa shape index (κ2) is 2.58. The molecule has 2 aliphatic rings. The SMILES string of the molecule is C[C@H]1CCC[C@H](C)C12CCC2=O. The molecule has 0 aromatic carbocycles. The van der Waals surface area contributed by atoms with Crippen LogP contribution >= 0.6 is 0 Å². The van der Waals surface area contributed by atoms with Gasteiger partial charge < -0.3 is 0 Å². The third-order valence-electron chi connectivity index (χ3n) is 4.32. The van der Waals surface area contributed by atoms with Gasteiger partial charge in [0, 0.05) is 11.8 Å². The van der Waals surface area contributed by atoms with Crippen molar-refractivity contribution in [1.82, 2.24) is 0 Å². The molecule has 1 nitrogen and oxygen atoms in total. The third kappa shape index (κ3) is 0.826. The summed E-state index contributed by atoms with van der Waals surface area (Å²) in [5, 5.41) is 0. The van der Waals surface area contributed by atoms with Crippen LogP contribution < -0.4 is 0 Å². The first kappa shape index (κ1) is 8.28. The Morgan fingerprint density at radius 1 is 1.25 bits per heavy atom. The van der Waals surface area contributed by atoms with Crippen molar-refractivity contribution in [3.05, 3.63) is 0 Å². The lowest BCUT2D eigenvalue weighted by Crippen LogP contribution is -2.52. The molecule has 2 aliphatic carbocycles. The minimum Gasteiger partial charge on any atom is -0.299 e. The molecule has 68 valence electrons. The molecular weight excluding hydrogens is 148 g/mol. The highest BCUT2D eigenvalue weighted by Crippen LogP contribution is 2.55. The maximum atomic E-state index is 11.6. The molecule has 0 bridgehead atoms. The van der Waals surface area contributed by atoms with E-state index in [1.807, 2.05) is 0 Å². The van der Waals surface area contributed by atoms with Crippen LogP contribution in [0.1, 0.15) is 46.0 Å². The van der Waals surface area contributed by atoms with Crippen molar-refractivity contribution in [2.75, 3.05) is 0 Å². The number of carbonyl (C=O) groups is 1. The lowest BCUT2D eigenvalue weighted by molar-refractivity contribution is -0.151. The van der Waals surface area contributed by atoms with Crippen LogP contribution in [0, 0.1) is 17.3 Å². The molecule has 0 N–H and O–H groups in total. The van der Waals surface area contributed by atoms with Gasteiger partial charge >= 0.3 is 0 Å². The van der Waals surface area contributed by atoms with E-state index in [1.165, 1.54) is 25.7 Å². The van der Waals surface area contributed by atoms with E-state index in [-0.39, 0.29) is 5.41 Å². The van der Waals surface area contributed by atoms with Gasteiger partial charge in [0.1, 0.15) is 5.78 Å². The molecule has 0 amide bonds. The predicted octanol–water partition coefficient (Wildman–Crippen LogP) is 2.79. The van der Waals surface area contributed by atoms with Crippen LogP contribution in [-0.4, -0.2) is 5.78 Å². The Balaban J connectivity index is 2.23. The predicted molar refractivity (Wildman–Crippen MR) is 48.9 cm³/mol.